The van der Waals surface area contributed by atoms with E-state index in [2.05, 4.69) is 4.90 Å². The van der Waals surface area contributed by atoms with Crippen molar-refractivity contribution >= 4 is 5.91 Å². The van der Waals surface area contributed by atoms with Gasteiger partial charge in [-0.15, -0.1) is 0 Å². The monoisotopic (exact) mass is 281 g/mol. The summed E-state index contributed by atoms with van der Waals surface area (Å²) in [5, 5.41) is 0. The van der Waals surface area contributed by atoms with Gasteiger partial charge in [0, 0.05) is 25.6 Å². The zero-order chi connectivity index (χ0) is 13.9. The number of ether oxygens (including phenoxy) is 2. The van der Waals surface area contributed by atoms with Crippen LogP contribution in [0.25, 0.3) is 0 Å². The summed E-state index contributed by atoms with van der Waals surface area (Å²) in [7, 11) is 0. The molecule has 114 valence electrons. The third-order valence-electron chi connectivity index (χ3n) is 5.13. The predicted octanol–water partition coefficient (Wildman–Crippen LogP) is 2.08. The first-order valence-corrected chi connectivity index (χ1v) is 8.26. The molecule has 0 aromatic heterocycles. The van der Waals surface area contributed by atoms with Gasteiger partial charge in [0.1, 0.15) is 0 Å². The fraction of sp³-hybridized carbons (Fsp3) is 0.938. The van der Waals surface area contributed by atoms with Gasteiger partial charge >= 0.3 is 0 Å². The van der Waals surface area contributed by atoms with Crippen molar-refractivity contribution in [2.24, 2.45) is 17.8 Å². The lowest BCUT2D eigenvalue weighted by Crippen LogP contribution is -2.43. The van der Waals surface area contributed by atoms with Crippen molar-refractivity contribution in [3.63, 3.8) is 0 Å². The lowest BCUT2D eigenvalue weighted by molar-refractivity contribution is -0.138. The molecular formula is C16H27NO3. The number of fused-ring (bicyclic) bond motifs is 1. The van der Waals surface area contributed by atoms with Crippen molar-refractivity contribution in [3.8, 4) is 0 Å². The second kappa shape index (κ2) is 6.44. The smallest absolute Gasteiger partial charge is 0.225 e. The van der Waals surface area contributed by atoms with Crippen LogP contribution in [0.4, 0.5) is 0 Å². The van der Waals surface area contributed by atoms with Crippen molar-refractivity contribution in [1.82, 2.24) is 4.90 Å². The summed E-state index contributed by atoms with van der Waals surface area (Å²) < 4.78 is 11.1. The van der Waals surface area contributed by atoms with E-state index < -0.39 is 0 Å². The van der Waals surface area contributed by atoms with E-state index >= 15 is 0 Å². The van der Waals surface area contributed by atoms with Gasteiger partial charge in [0.15, 0.2) is 0 Å². The molecule has 1 aliphatic heterocycles. The van der Waals surface area contributed by atoms with Gasteiger partial charge in [0.05, 0.1) is 19.3 Å². The summed E-state index contributed by atoms with van der Waals surface area (Å²) in [5.41, 5.74) is 0. The standard InChI is InChI=1S/C16H27NO3/c1-2-19-7-8-20-15-3-5-17(6-4-15)16(18)14-10-12-9-13(12)11-14/h12-15H,2-11H2,1H3. The molecule has 0 bridgehead atoms. The highest BCUT2D eigenvalue weighted by Crippen LogP contribution is 2.54. The third-order valence-corrected chi connectivity index (χ3v) is 5.13. The Morgan fingerprint density at radius 3 is 2.45 bits per heavy atom. The maximum atomic E-state index is 12.4. The fourth-order valence-electron chi connectivity index (χ4n) is 3.84. The zero-order valence-electron chi connectivity index (χ0n) is 12.6. The molecule has 2 unspecified atom stereocenters. The molecule has 1 saturated heterocycles. The van der Waals surface area contributed by atoms with Crippen LogP contribution in [0, 0.1) is 17.8 Å². The van der Waals surface area contributed by atoms with Gasteiger partial charge in [-0.3, -0.25) is 4.79 Å². The highest BCUT2D eigenvalue weighted by atomic mass is 16.5. The van der Waals surface area contributed by atoms with E-state index in [1.807, 2.05) is 6.92 Å². The Morgan fingerprint density at radius 1 is 1.10 bits per heavy atom. The molecule has 2 atom stereocenters. The van der Waals surface area contributed by atoms with E-state index in [0.717, 1.165) is 57.2 Å². The van der Waals surface area contributed by atoms with E-state index in [9.17, 15) is 4.79 Å². The van der Waals surface area contributed by atoms with Gasteiger partial charge in [-0.1, -0.05) is 0 Å². The highest BCUT2D eigenvalue weighted by Gasteiger charge is 2.48. The van der Waals surface area contributed by atoms with Crippen LogP contribution in [0.5, 0.6) is 0 Å². The summed E-state index contributed by atoms with van der Waals surface area (Å²) in [6.45, 7) is 5.86. The molecule has 3 rings (SSSR count). The topological polar surface area (TPSA) is 38.8 Å². The molecule has 4 nitrogen and oxygen atoms in total. The second-order valence-corrected chi connectivity index (χ2v) is 6.52. The van der Waals surface area contributed by atoms with Gasteiger partial charge in [-0.2, -0.15) is 0 Å². The Morgan fingerprint density at radius 2 is 1.80 bits per heavy atom. The maximum Gasteiger partial charge on any atom is 0.225 e. The van der Waals surface area contributed by atoms with Gasteiger partial charge in [0.2, 0.25) is 5.91 Å². The van der Waals surface area contributed by atoms with Crippen molar-refractivity contribution in [3.05, 3.63) is 0 Å². The van der Waals surface area contributed by atoms with Gasteiger partial charge in [-0.05, 0) is 50.9 Å². The molecule has 3 fully saturated rings. The summed E-state index contributed by atoms with van der Waals surface area (Å²) >= 11 is 0. The van der Waals surface area contributed by atoms with E-state index in [0.29, 0.717) is 31.1 Å². The normalized spacial score (nSPS) is 33.2. The number of carbonyl (C=O) groups excluding carboxylic acids is 1. The molecule has 0 radical (unpaired) electrons. The van der Waals surface area contributed by atoms with Crippen LogP contribution in [0.1, 0.15) is 39.0 Å². The SMILES string of the molecule is CCOCCOC1CCN(C(=O)C2CC3CC3C2)CC1. The molecule has 0 spiro atoms. The van der Waals surface area contributed by atoms with E-state index in [1.165, 1.54) is 6.42 Å². The Hall–Kier alpha value is -0.610. The number of amides is 1. The molecule has 1 heterocycles. The Kier molecular flexibility index (Phi) is 4.61. The third kappa shape index (κ3) is 3.34. The molecule has 0 aromatic carbocycles. The number of carbonyl (C=O) groups is 1. The van der Waals surface area contributed by atoms with Crippen LogP contribution < -0.4 is 0 Å². The fourth-order valence-corrected chi connectivity index (χ4v) is 3.84. The summed E-state index contributed by atoms with van der Waals surface area (Å²) in [4.78, 5) is 14.5. The molecule has 2 aliphatic carbocycles. The minimum absolute atomic E-state index is 0.316. The first-order chi connectivity index (χ1) is 9.78. The largest absolute Gasteiger partial charge is 0.379 e. The minimum Gasteiger partial charge on any atom is -0.379 e. The summed E-state index contributed by atoms with van der Waals surface area (Å²) in [6, 6.07) is 0. The maximum absolute atomic E-state index is 12.4. The number of likely N-dealkylation sites (tertiary alicyclic amines) is 1. The van der Waals surface area contributed by atoms with Gasteiger partial charge in [-0.25, -0.2) is 0 Å². The van der Waals surface area contributed by atoms with E-state index in [-0.39, 0.29) is 0 Å². The molecule has 3 aliphatic rings. The van der Waals surface area contributed by atoms with Crippen LogP contribution in [-0.4, -0.2) is 49.8 Å². The van der Waals surface area contributed by atoms with Crippen LogP contribution in [0.2, 0.25) is 0 Å². The van der Waals surface area contributed by atoms with Crippen molar-refractivity contribution in [1.29, 1.82) is 0 Å². The second-order valence-electron chi connectivity index (χ2n) is 6.52. The van der Waals surface area contributed by atoms with Crippen molar-refractivity contribution < 1.29 is 14.3 Å². The number of rotatable bonds is 6. The van der Waals surface area contributed by atoms with Crippen LogP contribution in [-0.2, 0) is 14.3 Å². The average molecular weight is 281 g/mol. The van der Waals surface area contributed by atoms with Crippen molar-refractivity contribution in [2.75, 3.05) is 32.9 Å². The van der Waals surface area contributed by atoms with Gasteiger partial charge in [0.25, 0.3) is 0 Å². The predicted molar refractivity (Wildman–Crippen MR) is 76.4 cm³/mol. The first kappa shape index (κ1) is 14.3. The van der Waals surface area contributed by atoms with E-state index in [4.69, 9.17) is 9.47 Å². The van der Waals surface area contributed by atoms with Gasteiger partial charge < -0.3 is 14.4 Å². The minimum atomic E-state index is 0.316. The zero-order valence-corrected chi connectivity index (χ0v) is 12.6. The molecule has 1 amide bonds. The van der Waals surface area contributed by atoms with E-state index in [1.54, 1.807) is 0 Å². The van der Waals surface area contributed by atoms with Crippen LogP contribution in [0.15, 0.2) is 0 Å². The summed E-state index contributed by atoms with van der Waals surface area (Å²) in [6.07, 6.45) is 5.99. The quantitative estimate of drug-likeness (QED) is 0.700. The Balaban J connectivity index is 1.34. The molecule has 4 heteroatoms. The Bertz CT molecular complexity index is 329. The Labute approximate surface area is 121 Å². The first-order valence-electron chi connectivity index (χ1n) is 8.26. The lowest BCUT2D eigenvalue weighted by Gasteiger charge is -2.33. The van der Waals surface area contributed by atoms with Crippen molar-refractivity contribution in [2.45, 2.75) is 45.1 Å². The number of hydrogen-bond donors (Lipinski definition) is 0. The molecule has 2 saturated carbocycles. The number of piperidine rings is 1. The van der Waals surface area contributed by atoms with Crippen LogP contribution >= 0.6 is 0 Å². The average Bonchev–Trinajstić information content (AvgIpc) is 3.10. The lowest BCUT2D eigenvalue weighted by atomic mass is 9.99. The molecule has 0 aromatic rings. The number of hydrogen-bond acceptors (Lipinski definition) is 3. The molecule has 20 heavy (non-hydrogen) atoms. The van der Waals surface area contributed by atoms with Crippen LogP contribution in [0.3, 0.4) is 0 Å². The highest BCUT2D eigenvalue weighted by molar-refractivity contribution is 5.79. The summed E-state index contributed by atoms with van der Waals surface area (Å²) in [5.74, 6) is 2.55. The number of nitrogens with zero attached hydrogens (tertiary/aromatic N) is 1. The molecular weight excluding hydrogens is 254 g/mol. The molecule has 0 N–H and O–H groups in total.